The molecule has 1 heterocycles. The van der Waals surface area contributed by atoms with Crippen molar-refractivity contribution in [2.75, 3.05) is 13.1 Å². The van der Waals surface area contributed by atoms with E-state index in [1.54, 1.807) is 11.3 Å². The number of amides is 1. The number of thiophene rings is 1. The molecule has 1 aromatic rings. The monoisotopic (exact) mass is 238 g/mol. The molecule has 0 bridgehead atoms. The first kappa shape index (κ1) is 11.6. The lowest BCUT2D eigenvalue weighted by Crippen LogP contribution is -2.26. The van der Waals surface area contributed by atoms with Crippen LogP contribution in [0.25, 0.3) is 0 Å². The number of aryl methyl sites for hydroxylation is 1. The highest BCUT2D eigenvalue weighted by molar-refractivity contribution is 7.10. The van der Waals surface area contributed by atoms with Gasteiger partial charge in [0, 0.05) is 16.8 Å². The van der Waals surface area contributed by atoms with E-state index < -0.39 is 0 Å². The molecule has 0 unspecified atom stereocenters. The Morgan fingerprint density at radius 3 is 3.06 bits per heavy atom. The summed E-state index contributed by atoms with van der Waals surface area (Å²) in [5, 5.41) is 4.93. The predicted molar refractivity (Wildman–Crippen MR) is 67.0 cm³/mol. The van der Waals surface area contributed by atoms with Gasteiger partial charge in [-0.2, -0.15) is 0 Å². The van der Waals surface area contributed by atoms with E-state index in [1.165, 1.54) is 23.3 Å². The van der Waals surface area contributed by atoms with Gasteiger partial charge in [0.15, 0.2) is 0 Å². The molecule has 1 aliphatic rings. The Bertz CT molecular complexity index is 373. The second-order valence-electron chi connectivity index (χ2n) is 4.16. The maximum atomic E-state index is 11.9. The molecular weight excluding hydrogens is 220 g/mol. The fourth-order valence-electron chi connectivity index (χ4n) is 2.08. The number of carbonyl (C=O) groups excluding carboxylic acids is 1. The van der Waals surface area contributed by atoms with Crippen LogP contribution < -0.4 is 11.1 Å². The summed E-state index contributed by atoms with van der Waals surface area (Å²) in [6.07, 6.45) is 5.54. The molecule has 16 heavy (non-hydrogen) atoms. The van der Waals surface area contributed by atoms with Crippen molar-refractivity contribution in [3.8, 4) is 0 Å². The summed E-state index contributed by atoms with van der Waals surface area (Å²) < 4.78 is 0. The fraction of sp³-hybridized carbons (Fsp3) is 0.583. The average Bonchev–Trinajstić information content (AvgIpc) is 2.73. The first-order valence-corrected chi connectivity index (χ1v) is 6.78. The highest BCUT2D eigenvalue weighted by Crippen LogP contribution is 2.29. The molecule has 1 aliphatic carbocycles. The number of carbonyl (C=O) groups is 1. The SMILES string of the molecule is NCCCNC(=O)c1csc2c1CCCC2. The van der Waals surface area contributed by atoms with Crippen LogP contribution in [0.5, 0.6) is 0 Å². The van der Waals surface area contributed by atoms with E-state index in [1.807, 2.05) is 5.38 Å². The van der Waals surface area contributed by atoms with Gasteiger partial charge in [0.1, 0.15) is 0 Å². The van der Waals surface area contributed by atoms with E-state index in [0.717, 1.165) is 24.8 Å². The number of hydrogen-bond donors (Lipinski definition) is 2. The third-order valence-corrected chi connectivity index (χ3v) is 4.06. The van der Waals surface area contributed by atoms with E-state index in [9.17, 15) is 4.79 Å². The Labute approximate surface area is 100 Å². The van der Waals surface area contributed by atoms with Gasteiger partial charge in [-0.3, -0.25) is 4.79 Å². The fourth-order valence-corrected chi connectivity index (χ4v) is 3.21. The number of nitrogens with two attached hydrogens (primary N) is 1. The zero-order valence-electron chi connectivity index (χ0n) is 9.42. The smallest absolute Gasteiger partial charge is 0.252 e. The maximum Gasteiger partial charge on any atom is 0.252 e. The average molecular weight is 238 g/mol. The highest BCUT2D eigenvalue weighted by atomic mass is 32.1. The molecule has 0 saturated carbocycles. The quantitative estimate of drug-likeness (QED) is 0.785. The lowest BCUT2D eigenvalue weighted by atomic mass is 9.96. The summed E-state index contributed by atoms with van der Waals surface area (Å²) in [4.78, 5) is 13.3. The van der Waals surface area contributed by atoms with Gasteiger partial charge in [-0.25, -0.2) is 0 Å². The molecule has 3 nitrogen and oxygen atoms in total. The summed E-state index contributed by atoms with van der Waals surface area (Å²) in [6.45, 7) is 1.31. The van der Waals surface area contributed by atoms with Crippen molar-refractivity contribution in [1.29, 1.82) is 0 Å². The van der Waals surface area contributed by atoms with Crippen molar-refractivity contribution in [3.63, 3.8) is 0 Å². The van der Waals surface area contributed by atoms with E-state index in [-0.39, 0.29) is 5.91 Å². The Balaban J connectivity index is 2.03. The number of nitrogens with one attached hydrogen (secondary N) is 1. The van der Waals surface area contributed by atoms with Gasteiger partial charge in [0.2, 0.25) is 0 Å². The van der Waals surface area contributed by atoms with Crippen LogP contribution in [0.2, 0.25) is 0 Å². The minimum Gasteiger partial charge on any atom is -0.352 e. The summed E-state index contributed by atoms with van der Waals surface area (Å²) in [6, 6.07) is 0. The minimum atomic E-state index is 0.0767. The third kappa shape index (κ3) is 2.44. The van der Waals surface area contributed by atoms with Crippen LogP contribution in [0.1, 0.15) is 40.1 Å². The Morgan fingerprint density at radius 1 is 1.44 bits per heavy atom. The molecular formula is C12H18N2OS. The lowest BCUT2D eigenvalue weighted by Gasteiger charge is -2.12. The molecule has 1 aromatic heterocycles. The molecule has 0 atom stereocenters. The lowest BCUT2D eigenvalue weighted by molar-refractivity contribution is 0.0953. The van der Waals surface area contributed by atoms with Gasteiger partial charge >= 0.3 is 0 Å². The number of rotatable bonds is 4. The van der Waals surface area contributed by atoms with Crippen molar-refractivity contribution < 1.29 is 4.79 Å². The molecule has 0 saturated heterocycles. The van der Waals surface area contributed by atoms with Crippen LogP contribution in [-0.2, 0) is 12.8 Å². The zero-order chi connectivity index (χ0) is 11.4. The molecule has 4 heteroatoms. The van der Waals surface area contributed by atoms with Crippen LogP contribution in [0, 0.1) is 0 Å². The molecule has 0 radical (unpaired) electrons. The summed E-state index contributed by atoms with van der Waals surface area (Å²) in [5.41, 5.74) is 7.59. The van der Waals surface area contributed by atoms with Crippen LogP contribution in [-0.4, -0.2) is 19.0 Å². The van der Waals surface area contributed by atoms with E-state index in [4.69, 9.17) is 5.73 Å². The number of hydrogen-bond acceptors (Lipinski definition) is 3. The van der Waals surface area contributed by atoms with Gasteiger partial charge < -0.3 is 11.1 Å². The van der Waals surface area contributed by atoms with Gasteiger partial charge in [0.25, 0.3) is 5.91 Å². The normalized spacial score (nSPS) is 14.6. The Kier molecular flexibility index (Phi) is 3.96. The Hall–Kier alpha value is -0.870. The second kappa shape index (κ2) is 5.46. The van der Waals surface area contributed by atoms with Crippen molar-refractivity contribution >= 4 is 17.2 Å². The summed E-state index contributed by atoms with van der Waals surface area (Å²) in [5.74, 6) is 0.0767. The van der Waals surface area contributed by atoms with Crippen LogP contribution in [0.15, 0.2) is 5.38 Å². The van der Waals surface area contributed by atoms with Gasteiger partial charge in [-0.05, 0) is 44.2 Å². The molecule has 88 valence electrons. The molecule has 2 rings (SSSR count). The van der Waals surface area contributed by atoms with Crippen molar-refractivity contribution in [1.82, 2.24) is 5.32 Å². The largest absolute Gasteiger partial charge is 0.352 e. The van der Waals surface area contributed by atoms with E-state index in [0.29, 0.717) is 13.1 Å². The summed E-state index contributed by atoms with van der Waals surface area (Å²) in [7, 11) is 0. The topological polar surface area (TPSA) is 55.1 Å². The Morgan fingerprint density at radius 2 is 2.25 bits per heavy atom. The van der Waals surface area contributed by atoms with Crippen LogP contribution in [0.3, 0.4) is 0 Å². The van der Waals surface area contributed by atoms with Crippen molar-refractivity contribution in [2.45, 2.75) is 32.1 Å². The first-order valence-electron chi connectivity index (χ1n) is 5.90. The molecule has 3 N–H and O–H groups in total. The predicted octanol–water partition coefficient (Wildman–Crippen LogP) is 1.71. The minimum absolute atomic E-state index is 0.0767. The van der Waals surface area contributed by atoms with Crippen molar-refractivity contribution in [2.24, 2.45) is 5.73 Å². The van der Waals surface area contributed by atoms with Gasteiger partial charge in [-0.15, -0.1) is 11.3 Å². The van der Waals surface area contributed by atoms with Gasteiger partial charge in [-0.1, -0.05) is 0 Å². The van der Waals surface area contributed by atoms with Crippen LogP contribution >= 0.6 is 11.3 Å². The molecule has 0 spiro atoms. The molecule has 1 amide bonds. The summed E-state index contributed by atoms with van der Waals surface area (Å²) >= 11 is 1.73. The first-order chi connectivity index (χ1) is 7.83. The molecule has 0 aromatic carbocycles. The number of fused-ring (bicyclic) bond motifs is 1. The second-order valence-corrected chi connectivity index (χ2v) is 5.12. The van der Waals surface area contributed by atoms with Crippen LogP contribution in [0.4, 0.5) is 0 Å². The van der Waals surface area contributed by atoms with E-state index >= 15 is 0 Å². The molecule has 0 fully saturated rings. The van der Waals surface area contributed by atoms with Gasteiger partial charge in [0.05, 0.1) is 5.56 Å². The van der Waals surface area contributed by atoms with Crippen molar-refractivity contribution in [3.05, 3.63) is 21.4 Å². The highest BCUT2D eigenvalue weighted by Gasteiger charge is 2.19. The third-order valence-electron chi connectivity index (χ3n) is 2.97. The van der Waals surface area contributed by atoms with E-state index in [2.05, 4.69) is 5.32 Å². The maximum absolute atomic E-state index is 11.9. The standard InChI is InChI=1S/C12H18N2OS/c13-6-3-7-14-12(15)10-8-16-11-5-2-1-4-9(10)11/h8H,1-7,13H2,(H,14,15). The zero-order valence-corrected chi connectivity index (χ0v) is 10.2. The molecule has 0 aliphatic heterocycles.